The van der Waals surface area contributed by atoms with Crippen molar-refractivity contribution in [1.29, 1.82) is 0 Å². The van der Waals surface area contributed by atoms with E-state index in [4.69, 9.17) is 16.6 Å². The van der Waals surface area contributed by atoms with E-state index in [1.54, 1.807) is 10.9 Å². The summed E-state index contributed by atoms with van der Waals surface area (Å²) in [7, 11) is 1.87. The number of carbonyl (C=O) groups is 1. The summed E-state index contributed by atoms with van der Waals surface area (Å²) in [5.41, 5.74) is 1.12. The summed E-state index contributed by atoms with van der Waals surface area (Å²) in [6.45, 7) is 5.14. The number of nitrogens with one attached hydrogen (secondary N) is 1. The molecule has 2 heterocycles. The van der Waals surface area contributed by atoms with E-state index in [9.17, 15) is 4.79 Å². The van der Waals surface area contributed by atoms with Crippen LogP contribution in [0.25, 0.3) is 11.6 Å². The Balaban J connectivity index is 1.85. The zero-order valence-electron chi connectivity index (χ0n) is 16.3. The predicted octanol–water partition coefficient (Wildman–Crippen LogP) is 3.14. The van der Waals surface area contributed by atoms with Gasteiger partial charge in [0.05, 0.1) is 26.0 Å². The second-order valence-electron chi connectivity index (χ2n) is 7.03. The summed E-state index contributed by atoms with van der Waals surface area (Å²) in [5, 5.41) is 7.55. The topological polar surface area (TPSA) is 68.2 Å². The minimum absolute atomic E-state index is 0.0287. The van der Waals surface area contributed by atoms with E-state index in [-0.39, 0.29) is 18.5 Å². The van der Waals surface area contributed by atoms with Crippen molar-refractivity contribution < 1.29 is 9.21 Å². The molecule has 0 spiro atoms. The number of hydrogen-bond acceptors (Lipinski definition) is 5. The van der Waals surface area contributed by atoms with Gasteiger partial charge in [0, 0.05) is 6.04 Å². The summed E-state index contributed by atoms with van der Waals surface area (Å²) in [4.78, 5) is 13.9. The Bertz CT molecular complexity index is 960. The molecule has 0 aliphatic heterocycles. The number of amides is 1. The molecule has 28 heavy (non-hydrogen) atoms. The van der Waals surface area contributed by atoms with Crippen LogP contribution >= 0.6 is 12.2 Å². The number of benzene rings is 1. The third-order valence-electron chi connectivity index (χ3n) is 4.09. The first-order chi connectivity index (χ1) is 13.4. The quantitative estimate of drug-likeness (QED) is 0.590. The van der Waals surface area contributed by atoms with E-state index in [2.05, 4.69) is 10.4 Å². The number of aromatic nitrogens is 3. The molecule has 0 aliphatic rings. The monoisotopic (exact) mass is 399 g/mol. The first-order valence-electron chi connectivity index (χ1n) is 9.17. The Morgan fingerprint density at radius 3 is 2.64 bits per heavy atom. The molecule has 148 valence electrons. The molecule has 0 saturated carbocycles. The van der Waals surface area contributed by atoms with Gasteiger partial charge in [-0.1, -0.05) is 30.3 Å². The van der Waals surface area contributed by atoms with Crippen molar-refractivity contribution in [3.63, 3.8) is 0 Å². The molecule has 2 aromatic heterocycles. The number of furan rings is 1. The number of nitrogens with zero attached hydrogens (tertiary/aromatic N) is 4. The van der Waals surface area contributed by atoms with Gasteiger partial charge in [0.1, 0.15) is 0 Å². The van der Waals surface area contributed by atoms with Crippen molar-refractivity contribution in [2.45, 2.75) is 33.1 Å². The van der Waals surface area contributed by atoms with Gasteiger partial charge < -0.3 is 9.73 Å². The van der Waals surface area contributed by atoms with Crippen LogP contribution in [-0.4, -0.2) is 44.8 Å². The molecular weight excluding hydrogens is 374 g/mol. The standard InChI is InChI=1S/C20H25N5O2S/c1-15(2)21-18(26)13-23(3)14-25-20(28)24(12-16-8-5-4-6-9-16)19(22-25)17-10-7-11-27-17/h4-11,15H,12-14H2,1-3H3,(H,21,26). The van der Waals surface area contributed by atoms with Gasteiger partial charge >= 0.3 is 0 Å². The second-order valence-corrected chi connectivity index (χ2v) is 7.40. The Kier molecular flexibility index (Phi) is 6.43. The zero-order chi connectivity index (χ0) is 20.1. The van der Waals surface area contributed by atoms with Crippen LogP contribution in [0, 0.1) is 4.77 Å². The lowest BCUT2D eigenvalue weighted by atomic mass is 10.2. The molecule has 3 rings (SSSR count). The first-order valence-corrected chi connectivity index (χ1v) is 9.58. The molecule has 1 aromatic carbocycles. The van der Waals surface area contributed by atoms with E-state index in [0.29, 0.717) is 29.6 Å². The van der Waals surface area contributed by atoms with E-state index in [1.165, 1.54) is 0 Å². The molecular formula is C20H25N5O2S. The average Bonchev–Trinajstić information content (AvgIpc) is 3.26. The average molecular weight is 400 g/mol. The van der Waals surface area contributed by atoms with E-state index in [0.717, 1.165) is 5.56 Å². The fourth-order valence-electron chi connectivity index (χ4n) is 2.92. The van der Waals surface area contributed by atoms with E-state index >= 15 is 0 Å². The number of hydrogen-bond donors (Lipinski definition) is 1. The predicted molar refractivity (Wildman–Crippen MR) is 110 cm³/mol. The van der Waals surface area contributed by atoms with Gasteiger partial charge in [0.25, 0.3) is 0 Å². The molecule has 0 atom stereocenters. The highest BCUT2D eigenvalue weighted by atomic mass is 32.1. The first kappa shape index (κ1) is 20.0. The van der Waals surface area contributed by atoms with Gasteiger partial charge in [-0.3, -0.25) is 14.3 Å². The zero-order valence-corrected chi connectivity index (χ0v) is 17.1. The van der Waals surface area contributed by atoms with Crippen LogP contribution < -0.4 is 5.32 Å². The Labute approximate surface area is 169 Å². The SMILES string of the molecule is CC(C)NC(=O)CN(C)Cn1nc(-c2ccco2)n(Cc2ccccc2)c1=S. The smallest absolute Gasteiger partial charge is 0.234 e. The van der Waals surface area contributed by atoms with E-state index < -0.39 is 0 Å². The molecule has 3 aromatic rings. The number of likely N-dealkylation sites (N-methyl/N-ethyl adjacent to an activating group) is 1. The van der Waals surface area contributed by atoms with Crippen LogP contribution in [0.4, 0.5) is 0 Å². The Morgan fingerprint density at radius 1 is 1.25 bits per heavy atom. The number of rotatable bonds is 8. The molecule has 0 fully saturated rings. The van der Waals surface area contributed by atoms with Gasteiger partial charge in [-0.25, -0.2) is 4.68 Å². The maximum Gasteiger partial charge on any atom is 0.234 e. The van der Waals surface area contributed by atoms with Gasteiger partial charge in [0.2, 0.25) is 5.91 Å². The highest BCUT2D eigenvalue weighted by molar-refractivity contribution is 7.71. The molecule has 0 aliphatic carbocycles. The van der Waals surface area contributed by atoms with Crippen LogP contribution in [0.1, 0.15) is 19.4 Å². The summed E-state index contributed by atoms with van der Waals surface area (Å²) in [6.07, 6.45) is 1.62. The van der Waals surface area contributed by atoms with E-state index in [1.807, 2.05) is 72.8 Å². The number of carbonyl (C=O) groups excluding carboxylic acids is 1. The molecule has 0 saturated heterocycles. The van der Waals surface area contributed by atoms with Crippen LogP contribution in [0.5, 0.6) is 0 Å². The minimum atomic E-state index is -0.0287. The summed E-state index contributed by atoms with van der Waals surface area (Å²) >= 11 is 5.68. The van der Waals surface area contributed by atoms with Gasteiger partial charge in [0.15, 0.2) is 16.4 Å². The lowest BCUT2D eigenvalue weighted by molar-refractivity contribution is -0.122. The highest BCUT2D eigenvalue weighted by Gasteiger charge is 2.17. The van der Waals surface area contributed by atoms with Crippen molar-refractivity contribution in [2.75, 3.05) is 13.6 Å². The van der Waals surface area contributed by atoms with Crippen LogP contribution in [0.3, 0.4) is 0 Å². The van der Waals surface area contributed by atoms with Crippen molar-refractivity contribution in [3.8, 4) is 11.6 Å². The largest absolute Gasteiger partial charge is 0.461 e. The normalized spacial score (nSPS) is 11.3. The molecule has 8 heteroatoms. The maximum atomic E-state index is 12.0. The molecule has 0 unspecified atom stereocenters. The van der Waals surface area contributed by atoms with Gasteiger partial charge in [-0.05, 0) is 50.8 Å². The molecule has 0 bridgehead atoms. The van der Waals surface area contributed by atoms with Crippen molar-refractivity contribution >= 4 is 18.1 Å². The highest BCUT2D eigenvalue weighted by Crippen LogP contribution is 2.20. The lowest BCUT2D eigenvalue weighted by Crippen LogP contribution is -2.39. The summed E-state index contributed by atoms with van der Waals surface area (Å²) in [5.74, 6) is 1.29. The molecule has 1 amide bonds. The minimum Gasteiger partial charge on any atom is -0.461 e. The third kappa shape index (κ3) is 4.96. The van der Waals surface area contributed by atoms with Crippen LogP contribution in [-0.2, 0) is 18.0 Å². The molecule has 0 radical (unpaired) electrons. The lowest BCUT2D eigenvalue weighted by Gasteiger charge is -2.17. The molecule has 1 N–H and O–H groups in total. The Hall–Kier alpha value is -2.71. The van der Waals surface area contributed by atoms with Crippen molar-refractivity contribution in [2.24, 2.45) is 0 Å². The fraction of sp³-hybridized carbons (Fsp3) is 0.350. The van der Waals surface area contributed by atoms with Crippen LogP contribution in [0.2, 0.25) is 0 Å². The third-order valence-corrected chi connectivity index (χ3v) is 4.52. The summed E-state index contributed by atoms with van der Waals surface area (Å²) in [6, 6.07) is 13.9. The van der Waals surface area contributed by atoms with Gasteiger partial charge in [-0.15, -0.1) is 5.10 Å². The van der Waals surface area contributed by atoms with Gasteiger partial charge in [-0.2, -0.15) is 0 Å². The summed E-state index contributed by atoms with van der Waals surface area (Å²) < 4.78 is 9.81. The maximum absolute atomic E-state index is 12.0. The van der Waals surface area contributed by atoms with Crippen LogP contribution in [0.15, 0.2) is 53.1 Å². The molecule has 7 nitrogen and oxygen atoms in total. The fourth-order valence-corrected chi connectivity index (χ4v) is 3.17. The van der Waals surface area contributed by atoms with Crippen molar-refractivity contribution in [1.82, 2.24) is 24.6 Å². The second kappa shape index (κ2) is 8.99. The Morgan fingerprint density at radius 2 is 2.00 bits per heavy atom. The van der Waals surface area contributed by atoms with Crippen molar-refractivity contribution in [3.05, 3.63) is 59.1 Å².